The molecule has 0 saturated heterocycles. The van der Waals surface area contributed by atoms with Gasteiger partial charge in [-0.1, -0.05) is 30.3 Å². The van der Waals surface area contributed by atoms with E-state index in [1.165, 1.54) is 0 Å². The van der Waals surface area contributed by atoms with Crippen LogP contribution in [0.15, 0.2) is 48.5 Å². The number of rotatable bonds is 4. The average Bonchev–Trinajstić information content (AvgIpc) is 2.45. The zero-order valence-corrected chi connectivity index (χ0v) is 9.97. The molecule has 2 N–H and O–H groups in total. The second-order valence-electron chi connectivity index (χ2n) is 3.91. The van der Waals surface area contributed by atoms with Gasteiger partial charge < -0.3 is 10.5 Å². The average molecular weight is 238 g/mol. The fourth-order valence-electron chi connectivity index (χ4n) is 1.71. The Morgan fingerprint density at radius 3 is 2.72 bits per heavy atom. The first kappa shape index (κ1) is 12.2. The Morgan fingerprint density at radius 1 is 1.11 bits per heavy atom. The van der Waals surface area contributed by atoms with E-state index < -0.39 is 0 Å². The molecule has 2 rings (SSSR count). The third kappa shape index (κ3) is 2.88. The van der Waals surface area contributed by atoms with Crippen molar-refractivity contribution >= 4 is 0 Å². The van der Waals surface area contributed by atoms with Crippen LogP contribution in [0.25, 0.3) is 0 Å². The van der Waals surface area contributed by atoms with E-state index in [0.29, 0.717) is 18.7 Å². The molecular weight excluding hydrogens is 224 g/mol. The molecule has 3 heteroatoms. The highest BCUT2D eigenvalue weighted by Crippen LogP contribution is 2.18. The number of benzene rings is 2. The van der Waals surface area contributed by atoms with E-state index in [1.54, 1.807) is 6.07 Å². The Kier molecular flexibility index (Phi) is 3.95. The van der Waals surface area contributed by atoms with Crippen LogP contribution in [0.3, 0.4) is 0 Å². The van der Waals surface area contributed by atoms with Gasteiger partial charge in [-0.3, -0.25) is 0 Å². The molecule has 0 heterocycles. The lowest BCUT2D eigenvalue weighted by Crippen LogP contribution is -2.02. The molecule has 0 aliphatic carbocycles. The minimum absolute atomic E-state index is 0.437. The van der Waals surface area contributed by atoms with Crippen molar-refractivity contribution in [1.82, 2.24) is 0 Å². The van der Waals surface area contributed by atoms with Crippen LogP contribution >= 0.6 is 0 Å². The molecule has 0 saturated carbocycles. The molecule has 0 spiro atoms. The zero-order valence-electron chi connectivity index (χ0n) is 9.97. The standard InChI is InChI=1S/C15H14N2O/c16-9-12-4-3-5-13(8-12)11-18-15-7-2-1-6-14(15)10-17/h1-8H,10-11,17H2. The second kappa shape index (κ2) is 5.85. The lowest BCUT2D eigenvalue weighted by atomic mass is 10.1. The van der Waals surface area contributed by atoms with Crippen LogP contribution in [0.1, 0.15) is 16.7 Å². The molecule has 0 amide bonds. The van der Waals surface area contributed by atoms with Gasteiger partial charge in [0.05, 0.1) is 11.6 Å². The molecule has 0 bridgehead atoms. The topological polar surface area (TPSA) is 59.0 Å². The Balaban J connectivity index is 2.09. The first-order chi connectivity index (χ1) is 8.83. The van der Waals surface area contributed by atoms with Gasteiger partial charge in [-0.2, -0.15) is 5.26 Å². The highest BCUT2D eigenvalue weighted by Gasteiger charge is 2.02. The van der Waals surface area contributed by atoms with Crippen molar-refractivity contribution in [3.8, 4) is 11.8 Å². The highest BCUT2D eigenvalue weighted by atomic mass is 16.5. The van der Waals surface area contributed by atoms with Crippen molar-refractivity contribution in [2.45, 2.75) is 13.2 Å². The number of nitrogens with two attached hydrogens (primary N) is 1. The summed E-state index contributed by atoms with van der Waals surface area (Å²) in [5.74, 6) is 0.794. The smallest absolute Gasteiger partial charge is 0.124 e. The van der Waals surface area contributed by atoms with E-state index in [2.05, 4.69) is 6.07 Å². The summed E-state index contributed by atoms with van der Waals surface area (Å²) in [6, 6.07) is 17.2. The van der Waals surface area contributed by atoms with E-state index in [4.69, 9.17) is 15.7 Å². The summed E-state index contributed by atoms with van der Waals surface area (Å²) in [4.78, 5) is 0. The monoisotopic (exact) mass is 238 g/mol. The fourth-order valence-corrected chi connectivity index (χ4v) is 1.71. The van der Waals surface area contributed by atoms with Crippen molar-refractivity contribution in [2.75, 3.05) is 0 Å². The molecule has 18 heavy (non-hydrogen) atoms. The zero-order chi connectivity index (χ0) is 12.8. The van der Waals surface area contributed by atoms with Gasteiger partial charge in [0.2, 0.25) is 0 Å². The van der Waals surface area contributed by atoms with E-state index in [-0.39, 0.29) is 0 Å². The predicted molar refractivity (Wildman–Crippen MR) is 69.8 cm³/mol. The van der Waals surface area contributed by atoms with E-state index in [0.717, 1.165) is 16.9 Å². The maximum Gasteiger partial charge on any atom is 0.124 e. The molecule has 0 unspecified atom stereocenters. The van der Waals surface area contributed by atoms with Gasteiger partial charge in [-0.05, 0) is 23.8 Å². The Hall–Kier alpha value is -2.31. The summed E-state index contributed by atoms with van der Waals surface area (Å²) in [6.07, 6.45) is 0. The summed E-state index contributed by atoms with van der Waals surface area (Å²) >= 11 is 0. The second-order valence-corrected chi connectivity index (χ2v) is 3.91. The van der Waals surface area contributed by atoms with Crippen molar-refractivity contribution < 1.29 is 4.74 Å². The number of nitrogens with zero attached hydrogens (tertiary/aromatic N) is 1. The van der Waals surface area contributed by atoms with Gasteiger partial charge in [0.1, 0.15) is 12.4 Å². The summed E-state index contributed by atoms with van der Waals surface area (Å²) in [5.41, 5.74) is 8.24. The summed E-state index contributed by atoms with van der Waals surface area (Å²) in [7, 11) is 0. The van der Waals surface area contributed by atoms with Crippen LogP contribution < -0.4 is 10.5 Å². The fraction of sp³-hybridized carbons (Fsp3) is 0.133. The van der Waals surface area contributed by atoms with Crippen LogP contribution in [0.5, 0.6) is 5.75 Å². The van der Waals surface area contributed by atoms with Crippen molar-refractivity contribution in [1.29, 1.82) is 5.26 Å². The molecule has 0 atom stereocenters. The molecule has 90 valence electrons. The van der Waals surface area contributed by atoms with Crippen LogP contribution in [0, 0.1) is 11.3 Å². The molecule has 2 aromatic carbocycles. The first-order valence-electron chi connectivity index (χ1n) is 5.73. The van der Waals surface area contributed by atoms with Gasteiger partial charge in [0.25, 0.3) is 0 Å². The predicted octanol–water partition coefficient (Wildman–Crippen LogP) is 2.60. The summed E-state index contributed by atoms with van der Waals surface area (Å²) in [5, 5.41) is 8.82. The molecule has 3 nitrogen and oxygen atoms in total. The molecule has 0 aliphatic heterocycles. The van der Waals surface area contributed by atoms with Gasteiger partial charge >= 0.3 is 0 Å². The Morgan fingerprint density at radius 2 is 1.94 bits per heavy atom. The number of para-hydroxylation sites is 1. The quantitative estimate of drug-likeness (QED) is 0.890. The van der Waals surface area contributed by atoms with Crippen LogP contribution in [-0.4, -0.2) is 0 Å². The molecule has 0 aliphatic rings. The molecule has 0 aromatic heterocycles. The number of ether oxygens (including phenoxy) is 1. The maximum atomic E-state index is 8.82. The first-order valence-corrected chi connectivity index (χ1v) is 5.73. The largest absolute Gasteiger partial charge is 0.489 e. The molecule has 2 aromatic rings. The lowest BCUT2D eigenvalue weighted by Gasteiger charge is -2.10. The number of hydrogen-bond acceptors (Lipinski definition) is 3. The SMILES string of the molecule is N#Cc1cccc(COc2ccccc2CN)c1. The van der Waals surface area contributed by atoms with E-state index >= 15 is 0 Å². The molecule has 0 fully saturated rings. The molecule has 0 radical (unpaired) electrons. The third-order valence-electron chi connectivity index (χ3n) is 2.64. The minimum Gasteiger partial charge on any atom is -0.489 e. The van der Waals surface area contributed by atoms with Gasteiger partial charge in [-0.25, -0.2) is 0 Å². The van der Waals surface area contributed by atoms with Gasteiger partial charge in [0, 0.05) is 12.1 Å². The normalized spacial score (nSPS) is 9.78. The van der Waals surface area contributed by atoms with Crippen molar-refractivity contribution in [3.05, 3.63) is 65.2 Å². The number of nitriles is 1. The Bertz CT molecular complexity index is 573. The van der Waals surface area contributed by atoms with Crippen LogP contribution in [0.2, 0.25) is 0 Å². The summed E-state index contributed by atoms with van der Waals surface area (Å²) < 4.78 is 5.72. The lowest BCUT2D eigenvalue weighted by molar-refractivity contribution is 0.303. The van der Waals surface area contributed by atoms with Crippen molar-refractivity contribution in [2.24, 2.45) is 5.73 Å². The summed E-state index contributed by atoms with van der Waals surface area (Å²) in [6.45, 7) is 0.890. The van der Waals surface area contributed by atoms with Crippen molar-refractivity contribution in [3.63, 3.8) is 0 Å². The molecular formula is C15H14N2O. The maximum absolute atomic E-state index is 8.82. The minimum atomic E-state index is 0.437. The van der Waals surface area contributed by atoms with Crippen LogP contribution in [0.4, 0.5) is 0 Å². The Labute approximate surface area is 106 Å². The third-order valence-corrected chi connectivity index (χ3v) is 2.64. The van der Waals surface area contributed by atoms with Gasteiger partial charge in [0.15, 0.2) is 0 Å². The van der Waals surface area contributed by atoms with E-state index in [1.807, 2.05) is 42.5 Å². The van der Waals surface area contributed by atoms with E-state index in [9.17, 15) is 0 Å². The van der Waals surface area contributed by atoms with Crippen LogP contribution in [-0.2, 0) is 13.2 Å². The van der Waals surface area contributed by atoms with Gasteiger partial charge in [-0.15, -0.1) is 0 Å². The highest BCUT2D eigenvalue weighted by molar-refractivity contribution is 5.35. The number of hydrogen-bond donors (Lipinski definition) is 1.